The van der Waals surface area contributed by atoms with E-state index >= 15 is 0 Å². The van der Waals surface area contributed by atoms with E-state index in [2.05, 4.69) is 31.2 Å². The van der Waals surface area contributed by atoms with Gasteiger partial charge in [0, 0.05) is 16.2 Å². The molecule has 0 aliphatic heterocycles. The van der Waals surface area contributed by atoms with Gasteiger partial charge in [0.25, 0.3) is 0 Å². The van der Waals surface area contributed by atoms with Crippen LogP contribution < -0.4 is 11.1 Å². The first-order valence-electron chi connectivity index (χ1n) is 5.50. The van der Waals surface area contributed by atoms with Crippen molar-refractivity contribution in [3.63, 3.8) is 0 Å². The lowest BCUT2D eigenvalue weighted by Crippen LogP contribution is -2.12. The Balaban J connectivity index is 2.33. The van der Waals surface area contributed by atoms with E-state index in [0.29, 0.717) is 5.69 Å². The minimum absolute atomic E-state index is 0.0134. The van der Waals surface area contributed by atoms with Crippen molar-refractivity contribution in [2.75, 3.05) is 11.1 Å². The van der Waals surface area contributed by atoms with E-state index in [-0.39, 0.29) is 5.82 Å². The smallest absolute Gasteiger partial charge is 0.368 e. The van der Waals surface area contributed by atoms with Crippen molar-refractivity contribution in [2.45, 2.75) is 13.1 Å². The molecule has 2 aromatic rings. The Bertz CT molecular complexity index is 643. The number of nitrogens with two attached hydrogens (primary N) is 1. The zero-order chi connectivity index (χ0) is 14.9. The summed E-state index contributed by atoms with van der Waals surface area (Å²) in [4.78, 5) is 6.91. The van der Waals surface area contributed by atoms with E-state index in [1.54, 1.807) is 12.1 Å². The van der Waals surface area contributed by atoms with E-state index in [0.717, 1.165) is 16.1 Å². The highest BCUT2D eigenvalue weighted by Gasteiger charge is 2.33. The van der Waals surface area contributed by atoms with Crippen LogP contribution in [-0.2, 0) is 6.18 Å². The molecule has 0 atom stereocenters. The van der Waals surface area contributed by atoms with Crippen molar-refractivity contribution in [1.29, 1.82) is 0 Å². The maximum atomic E-state index is 12.6. The first-order chi connectivity index (χ1) is 9.25. The van der Waals surface area contributed by atoms with Crippen LogP contribution in [0, 0.1) is 6.92 Å². The highest BCUT2D eigenvalue weighted by molar-refractivity contribution is 9.10. The van der Waals surface area contributed by atoms with Gasteiger partial charge in [0.2, 0.25) is 5.95 Å². The normalized spacial score (nSPS) is 11.4. The van der Waals surface area contributed by atoms with Crippen LogP contribution in [0.3, 0.4) is 0 Å². The Hall–Kier alpha value is -1.83. The number of nitrogens with one attached hydrogen (secondary N) is 1. The van der Waals surface area contributed by atoms with Gasteiger partial charge in [0.15, 0.2) is 5.69 Å². The highest BCUT2D eigenvalue weighted by Crippen LogP contribution is 2.30. The second-order valence-electron chi connectivity index (χ2n) is 4.08. The summed E-state index contributed by atoms with van der Waals surface area (Å²) < 4.78 is 38.7. The maximum Gasteiger partial charge on any atom is 0.433 e. The summed E-state index contributed by atoms with van der Waals surface area (Å²) in [6.45, 7) is 1.90. The molecule has 0 saturated heterocycles. The van der Waals surface area contributed by atoms with E-state index in [1.807, 2.05) is 13.0 Å². The zero-order valence-electron chi connectivity index (χ0n) is 10.3. The minimum Gasteiger partial charge on any atom is -0.368 e. The van der Waals surface area contributed by atoms with Gasteiger partial charge >= 0.3 is 6.18 Å². The molecule has 8 heteroatoms. The van der Waals surface area contributed by atoms with Crippen molar-refractivity contribution in [3.05, 3.63) is 40.0 Å². The van der Waals surface area contributed by atoms with Crippen LogP contribution in [0.2, 0.25) is 0 Å². The molecule has 1 aromatic carbocycles. The fraction of sp³-hybridized carbons (Fsp3) is 0.167. The molecule has 4 nitrogen and oxygen atoms in total. The Morgan fingerprint density at radius 2 is 1.90 bits per heavy atom. The van der Waals surface area contributed by atoms with Crippen LogP contribution in [0.5, 0.6) is 0 Å². The lowest BCUT2D eigenvalue weighted by atomic mass is 10.2. The third-order valence-electron chi connectivity index (χ3n) is 2.48. The average Bonchev–Trinajstić information content (AvgIpc) is 2.32. The number of nitrogen functional groups attached to an aromatic ring is 1. The predicted octanol–water partition coefficient (Wildman–Crippen LogP) is 3.89. The largest absolute Gasteiger partial charge is 0.433 e. The number of hydrogen-bond donors (Lipinski definition) is 2. The minimum atomic E-state index is -4.57. The first-order valence-corrected chi connectivity index (χ1v) is 6.30. The van der Waals surface area contributed by atoms with E-state index in [1.165, 1.54) is 0 Å². The molecular formula is C12H10BrF3N4. The molecule has 0 bridgehead atoms. The molecule has 106 valence electrons. The lowest BCUT2D eigenvalue weighted by molar-refractivity contribution is -0.141. The first kappa shape index (κ1) is 14.6. The molecule has 0 aliphatic rings. The Kier molecular flexibility index (Phi) is 3.85. The summed E-state index contributed by atoms with van der Waals surface area (Å²) in [5, 5.41) is 2.76. The Morgan fingerprint density at radius 1 is 1.20 bits per heavy atom. The number of aromatic nitrogens is 2. The highest BCUT2D eigenvalue weighted by atomic mass is 79.9. The van der Waals surface area contributed by atoms with Crippen LogP contribution in [0.1, 0.15) is 11.3 Å². The molecule has 0 saturated carbocycles. The monoisotopic (exact) mass is 346 g/mol. The van der Waals surface area contributed by atoms with Crippen LogP contribution in [0.15, 0.2) is 28.7 Å². The topological polar surface area (TPSA) is 63.8 Å². The summed E-state index contributed by atoms with van der Waals surface area (Å²) in [6, 6.07) is 6.10. The molecule has 0 unspecified atom stereocenters. The van der Waals surface area contributed by atoms with Gasteiger partial charge in [-0.1, -0.05) is 22.0 Å². The molecule has 0 radical (unpaired) electrons. The number of anilines is 3. The molecule has 3 N–H and O–H groups in total. The second kappa shape index (κ2) is 5.28. The SMILES string of the molecule is Cc1ccc(Nc2cc(C(F)(F)F)nc(N)n2)cc1Br. The van der Waals surface area contributed by atoms with Crippen molar-refractivity contribution in [1.82, 2.24) is 9.97 Å². The second-order valence-corrected chi connectivity index (χ2v) is 4.94. The third-order valence-corrected chi connectivity index (χ3v) is 3.33. The van der Waals surface area contributed by atoms with E-state index in [4.69, 9.17) is 5.73 Å². The molecule has 1 aromatic heterocycles. The lowest BCUT2D eigenvalue weighted by Gasteiger charge is -2.11. The van der Waals surface area contributed by atoms with Gasteiger partial charge in [-0.15, -0.1) is 0 Å². The van der Waals surface area contributed by atoms with Gasteiger partial charge in [0.05, 0.1) is 0 Å². The van der Waals surface area contributed by atoms with E-state index < -0.39 is 17.8 Å². The zero-order valence-corrected chi connectivity index (χ0v) is 11.9. The van der Waals surface area contributed by atoms with Crippen LogP contribution in [0.25, 0.3) is 0 Å². The number of alkyl halides is 3. The number of nitrogens with zero attached hydrogens (tertiary/aromatic N) is 2. The van der Waals surface area contributed by atoms with E-state index in [9.17, 15) is 13.2 Å². The van der Waals surface area contributed by atoms with Crippen LogP contribution in [0.4, 0.5) is 30.6 Å². The molecule has 1 heterocycles. The van der Waals surface area contributed by atoms with Crippen molar-refractivity contribution in [3.8, 4) is 0 Å². The van der Waals surface area contributed by atoms with Gasteiger partial charge in [-0.2, -0.15) is 18.2 Å². The van der Waals surface area contributed by atoms with Crippen molar-refractivity contribution in [2.24, 2.45) is 0 Å². The standard InChI is InChI=1S/C12H10BrF3N4/c1-6-2-3-7(4-8(6)13)18-10-5-9(12(14,15)16)19-11(17)20-10/h2-5H,1H3,(H3,17,18,19,20). The molecule has 20 heavy (non-hydrogen) atoms. The van der Waals surface area contributed by atoms with Gasteiger partial charge < -0.3 is 11.1 Å². The molecule has 0 amide bonds. The van der Waals surface area contributed by atoms with Gasteiger partial charge in [0.1, 0.15) is 5.82 Å². The van der Waals surface area contributed by atoms with Crippen molar-refractivity contribution < 1.29 is 13.2 Å². The Morgan fingerprint density at radius 3 is 2.50 bits per heavy atom. The fourth-order valence-electron chi connectivity index (χ4n) is 1.49. The molecule has 0 spiro atoms. The number of hydrogen-bond acceptors (Lipinski definition) is 4. The molecule has 2 rings (SSSR count). The number of aryl methyl sites for hydroxylation is 1. The summed E-state index contributed by atoms with van der Waals surface area (Å²) >= 11 is 3.34. The quantitative estimate of drug-likeness (QED) is 0.865. The number of benzene rings is 1. The third kappa shape index (κ3) is 3.38. The summed E-state index contributed by atoms with van der Waals surface area (Å²) in [5.41, 5.74) is 5.81. The Labute approximate surface area is 121 Å². The summed E-state index contributed by atoms with van der Waals surface area (Å²) in [6.07, 6.45) is -4.57. The van der Waals surface area contributed by atoms with Gasteiger partial charge in [-0.25, -0.2) is 4.98 Å². The summed E-state index contributed by atoms with van der Waals surface area (Å²) in [7, 11) is 0. The maximum absolute atomic E-state index is 12.6. The van der Waals surface area contributed by atoms with Gasteiger partial charge in [-0.3, -0.25) is 0 Å². The number of halogens is 4. The van der Waals surface area contributed by atoms with Gasteiger partial charge in [-0.05, 0) is 24.6 Å². The van der Waals surface area contributed by atoms with Crippen LogP contribution >= 0.6 is 15.9 Å². The average molecular weight is 347 g/mol. The van der Waals surface area contributed by atoms with Crippen LogP contribution in [-0.4, -0.2) is 9.97 Å². The summed E-state index contributed by atoms with van der Waals surface area (Å²) in [5.74, 6) is -0.450. The predicted molar refractivity (Wildman–Crippen MR) is 73.6 cm³/mol. The van der Waals surface area contributed by atoms with Crippen molar-refractivity contribution >= 4 is 33.4 Å². The molecule has 0 aliphatic carbocycles. The molecule has 0 fully saturated rings. The molecular weight excluding hydrogens is 337 g/mol. The number of rotatable bonds is 2. The fourth-order valence-corrected chi connectivity index (χ4v) is 1.87.